The van der Waals surface area contributed by atoms with Gasteiger partial charge in [0.1, 0.15) is 0 Å². The van der Waals surface area contributed by atoms with Crippen molar-refractivity contribution in [1.29, 1.82) is 0 Å². The zero-order chi connectivity index (χ0) is 13.0. The summed E-state index contributed by atoms with van der Waals surface area (Å²) < 4.78 is 0. The van der Waals surface area contributed by atoms with E-state index in [9.17, 15) is 4.79 Å². The number of rotatable bonds is 2. The van der Waals surface area contributed by atoms with Gasteiger partial charge in [-0.1, -0.05) is 12.8 Å². The van der Waals surface area contributed by atoms with Crippen LogP contribution in [0.2, 0.25) is 0 Å². The molecule has 4 heteroatoms. The smallest absolute Gasteiger partial charge is 0.237 e. The van der Waals surface area contributed by atoms with Gasteiger partial charge in [-0.05, 0) is 46.2 Å². The second-order valence-corrected chi connectivity index (χ2v) is 5.92. The maximum atomic E-state index is 12.2. The van der Waals surface area contributed by atoms with Crippen LogP contribution >= 0.6 is 0 Å². The molecular weight excluding hydrogens is 226 g/mol. The monoisotopic (exact) mass is 253 g/mol. The van der Waals surface area contributed by atoms with Crippen molar-refractivity contribution in [3.05, 3.63) is 0 Å². The van der Waals surface area contributed by atoms with Crippen LogP contribution in [0.3, 0.4) is 0 Å². The van der Waals surface area contributed by atoms with Gasteiger partial charge in [0.15, 0.2) is 0 Å². The molecule has 18 heavy (non-hydrogen) atoms. The fourth-order valence-electron chi connectivity index (χ4n) is 2.97. The van der Waals surface area contributed by atoms with Gasteiger partial charge in [0, 0.05) is 18.6 Å². The topological polar surface area (TPSA) is 44.4 Å². The molecule has 2 aliphatic rings. The van der Waals surface area contributed by atoms with Crippen LogP contribution in [0.4, 0.5) is 0 Å². The van der Waals surface area contributed by atoms with E-state index in [1.54, 1.807) is 0 Å². The van der Waals surface area contributed by atoms with Crippen LogP contribution < -0.4 is 10.6 Å². The predicted octanol–water partition coefficient (Wildman–Crippen LogP) is 1.12. The molecule has 0 spiro atoms. The first-order valence-electron chi connectivity index (χ1n) is 7.41. The van der Waals surface area contributed by atoms with Crippen molar-refractivity contribution in [2.75, 3.05) is 20.1 Å². The van der Waals surface area contributed by atoms with Crippen LogP contribution in [-0.2, 0) is 4.79 Å². The summed E-state index contributed by atoms with van der Waals surface area (Å²) in [6.07, 6.45) is 6.79. The third kappa shape index (κ3) is 3.69. The molecule has 0 radical (unpaired) electrons. The third-order valence-electron chi connectivity index (χ3n) is 4.43. The van der Waals surface area contributed by atoms with Gasteiger partial charge in [-0.25, -0.2) is 0 Å². The molecule has 0 aromatic rings. The Labute approximate surface area is 110 Å². The molecule has 3 unspecified atom stereocenters. The number of hydrogen-bond acceptors (Lipinski definition) is 3. The summed E-state index contributed by atoms with van der Waals surface area (Å²) in [5, 5.41) is 6.61. The maximum absolute atomic E-state index is 12.2. The molecule has 104 valence electrons. The highest BCUT2D eigenvalue weighted by atomic mass is 16.2. The van der Waals surface area contributed by atoms with Crippen LogP contribution in [0.25, 0.3) is 0 Å². The Morgan fingerprint density at radius 1 is 1.28 bits per heavy atom. The van der Waals surface area contributed by atoms with E-state index < -0.39 is 0 Å². The van der Waals surface area contributed by atoms with Crippen molar-refractivity contribution < 1.29 is 4.79 Å². The Hall–Kier alpha value is -0.610. The van der Waals surface area contributed by atoms with Gasteiger partial charge in [-0.3, -0.25) is 4.79 Å². The van der Waals surface area contributed by atoms with E-state index in [4.69, 9.17) is 0 Å². The molecule has 2 aliphatic heterocycles. The van der Waals surface area contributed by atoms with E-state index in [0.29, 0.717) is 12.1 Å². The summed E-state index contributed by atoms with van der Waals surface area (Å²) in [7, 11) is 2.16. The SMILES string of the molecule is CC1CC(NC(=O)C2CCCCCN2)CCN1C. The first-order chi connectivity index (χ1) is 8.66. The highest BCUT2D eigenvalue weighted by Gasteiger charge is 2.26. The molecule has 2 fully saturated rings. The van der Waals surface area contributed by atoms with Crippen LogP contribution in [0.15, 0.2) is 0 Å². The molecule has 3 atom stereocenters. The molecule has 0 aromatic carbocycles. The summed E-state index contributed by atoms with van der Waals surface area (Å²) in [5.41, 5.74) is 0. The van der Waals surface area contributed by atoms with E-state index in [1.165, 1.54) is 19.3 Å². The molecule has 2 saturated heterocycles. The minimum atomic E-state index is 0.0439. The largest absolute Gasteiger partial charge is 0.352 e. The fraction of sp³-hybridized carbons (Fsp3) is 0.929. The van der Waals surface area contributed by atoms with Gasteiger partial charge in [-0.2, -0.15) is 0 Å². The van der Waals surface area contributed by atoms with Gasteiger partial charge in [-0.15, -0.1) is 0 Å². The Bertz CT molecular complexity index is 274. The summed E-state index contributed by atoms with van der Waals surface area (Å²) in [4.78, 5) is 14.6. The number of piperidine rings is 1. The quantitative estimate of drug-likeness (QED) is 0.775. The lowest BCUT2D eigenvalue weighted by molar-refractivity contribution is -0.124. The first-order valence-corrected chi connectivity index (χ1v) is 7.41. The molecule has 2 heterocycles. The van der Waals surface area contributed by atoms with E-state index in [2.05, 4.69) is 29.5 Å². The number of nitrogens with one attached hydrogen (secondary N) is 2. The number of amides is 1. The normalized spacial score (nSPS) is 34.9. The van der Waals surface area contributed by atoms with Crippen molar-refractivity contribution in [2.45, 2.75) is 63.6 Å². The van der Waals surface area contributed by atoms with Crippen LogP contribution in [0, 0.1) is 0 Å². The van der Waals surface area contributed by atoms with E-state index in [-0.39, 0.29) is 11.9 Å². The highest BCUT2D eigenvalue weighted by molar-refractivity contribution is 5.82. The van der Waals surface area contributed by atoms with Gasteiger partial charge in [0.25, 0.3) is 0 Å². The molecule has 2 rings (SSSR count). The molecule has 1 amide bonds. The minimum Gasteiger partial charge on any atom is -0.352 e. The lowest BCUT2D eigenvalue weighted by Crippen LogP contribution is -2.52. The lowest BCUT2D eigenvalue weighted by Gasteiger charge is -2.35. The van der Waals surface area contributed by atoms with E-state index in [1.807, 2.05) is 0 Å². The van der Waals surface area contributed by atoms with Crippen molar-refractivity contribution in [1.82, 2.24) is 15.5 Å². The second-order valence-electron chi connectivity index (χ2n) is 5.92. The number of hydrogen-bond donors (Lipinski definition) is 2. The number of carbonyl (C=O) groups is 1. The summed E-state index contributed by atoms with van der Waals surface area (Å²) in [5.74, 6) is 0.221. The Balaban J connectivity index is 1.79. The number of nitrogens with zero attached hydrogens (tertiary/aromatic N) is 1. The van der Waals surface area contributed by atoms with E-state index in [0.717, 1.165) is 32.4 Å². The molecule has 2 N–H and O–H groups in total. The van der Waals surface area contributed by atoms with Gasteiger partial charge in [0.2, 0.25) is 5.91 Å². The molecule has 4 nitrogen and oxygen atoms in total. The summed E-state index contributed by atoms with van der Waals surface area (Å²) >= 11 is 0. The average Bonchev–Trinajstić information content (AvgIpc) is 2.62. The molecule has 0 bridgehead atoms. The summed E-state index contributed by atoms with van der Waals surface area (Å²) in [6.45, 7) is 4.31. The van der Waals surface area contributed by atoms with Crippen molar-refractivity contribution in [3.8, 4) is 0 Å². The molecule has 0 aliphatic carbocycles. The van der Waals surface area contributed by atoms with Crippen molar-refractivity contribution in [3.63, 3.8) is 0 Å². The predicted molar refractivity (Wildman–Crippen MR) is 73.5 cm³/mol. The average molecular weight is 253 g/mol. The first kappa shape index (κ1) is 13.8. The van der Waals surface area contributed by atoms with E-state index >= 15 is 0 Å². The highest BCUT2D eigenvalue weighted by Crippen LogP contribution is 2.16. The van der Waals surface area contributed by atoms with Crippen LogP contribution in [0.5, 0.6) is 0 Å². The minimum absolute atomic E-state index is 0.0439. The second kappa shape index (κ2) is 6.53. The molecular formula is C14H27N3O. The zero-order valence-corrected chi connectivity index (χ0v) is 11.7. The standard InChI is InChI=1S/C14H27N3O/c1-11-10-12(7-9-17(11)2)16-14(18)13-6-4-3-5-8-15-13/h11-13,15H,3-10H2,1-2H3,(H,16,18). The van der Waals surface area contributed by atoms with Crippen molar-refractivity contribution >= 4 is 5.91 Å². The van der Waals surface area contributed by atoms with Crippen molar-refractivity contribution in [2.24, 2.45) is 0 Å². The van der Waals surface area contributed by atoms with Crippen LogP contribution in [0.1, 0.15) is 45.4 Å². The summed E-state index contributed by atoms with van der Waals surface area (Å²) in [6, 6.07) is 0.988. The Kier molecular flexibility index (Phi) is 5.01. The zero-order valence-electron chi connectivity index (χ0n) is 11.7. The Morgan fingerprint density at radius 2 is 2.11 bits per heavy atom. The third-order valence-corrected chi connectivity index (χ3v) is 4.43. The Morgan fingerprint density at radius 3 is 2.89 bits per heavy atom. The van der Waals surface area contributed by atoms with Crippen LogP contribution in [-0.4, -0.2) is 49.1 Å². The van der Waals surface area contributed by atoms with Gasteiger partial charge >= 0.3 is 0 Å². The van der Waals surface area contributed by atoms with Gasteiger partial charge < -0.3 is 15.5 Å². The molecule has 0 saturated carbocycles. The lowest BCUT2D eigenvalue weighted by atomic mass is 9.98. The van der Waals surface area contributed by atoms with Gasteiger partial charge in [0.05, 0.1) is 6.04 Å². The number of carbonyl (C=O) groups excluding carboxylic acids is 1. The molecule has 0 aromatic heterocycles. The fourth-order valence-corrected chi connectivity index (χ4v) is 2.97. The maximum Gasteiger partial charge on any atom is 0.237 e. The number of likely N-dealkylation sites (tertiary alicyclic amines) is 1.